The second-order valence-corrected chi connectivity index (χ2v) is 4.37. The number of hydrogen-bond donors (Lipinski definition) is 2. The van der Waals surface area contributed by atoms with Crippen molar-refractivity contribution in [2.24, 2.45) is 16.5 Å². The Morgan fingerprint density at radius 1 is 1.35 bits per heavy atom. The van der Waals surface area contributed by atoms with Crippen LogP contribution in [0.5, 0.6) is 0 Å². The van der Waals surface area contributed by atoms with Crippen molar-refractivity contribution in [2.45, 2.75) is 26.3 Å². The fourth-order valence-electron chi connectivity index (χ4n) is 2.07. The molecule has 1 aromatic heterocycles. The van der Waals surface area contributed by atoms with E-state index in [-0.39, 0.29) is 5.96 Å². The van der Waals surface area contributed by atoms with Crippen LogP contribution in [-0.2, 0) is 6.54 Å². The van der Waals surface area contributed by atoms with Gasteiger partial charge in [0.1, 0.15) is 5.82 Å². The maximum atomic E-state index is 5.37. The van der Waals surface area contributed by atoms with Crippen LogP contribution in [0.4, 0.5) is 5.82 Å². The number of aliphatic imine (C=N–C) groups is 1. The fraction of sp³-hybridized carbons (Fsp3) is 0.500. The fourth-order valence-corrected chi connectivity index (χ4v) is 2.07. The molecule has 0 radical (unpaired) electrons. The molecular formula is C12H19N5. The van der Waals surface area contributed by atoms with E-state index >= 15 is 0 Å². The molecular weight excluding hydrogens is 214 g/mol. The van der Waals surface area contributed by atoms with Gasteiger partial charge in [-0.25, -0.2) is 9.98 Å². The summed E-state index contributed by atoms with van der Waals surface area (Å²) in [6.45, 7) is 4.65. The van der Waals surface area contributed by atoms with Gasteiger partial charge in [0.15, 0.2) is 5.96 Å². The zero-order valence-corrected chi connectivity index (χ0v) is 10.2. The van der Waals surface area contributed by atoms with Crippen molar-refractivity contribution in [3.63, 3.8) is 0 Å². The third-order valence-electron chi connectivity index (χ3n) is 2.93. The maximum absolute atomic E-state index is 5.37. The summed E-state index contributed by atoms with van der Waals surface area (Å²) in [4.78, 5) is 11.0. The van der Waals surface area contributed by atoms with Crippen molar-refractivity contribution >= 4 is 11.8 Å². The van der Waals surface area contributed by atoms with E-state index in [9.17, 15) is 0 Å². The van der Waals surface area contributed by atoms with E-state index in [4.69, 9.17) is 11.5 Å². The summed E-state index contributed by atoms with van der Waals surface area (Å²) in [7, 11) is 0. The first-order chi connectivity index (χ1) is 8.16. The third kappa shape index (κ3) is 2.87. The molecule has 92 valence electrons. The molecule has 1 saturated heterocycles. The summed E-state index contributed by atoms with van der Waals surface area (Å²) >= 11 is 0. The number of nitrogens with zero attached hydrogens (tertiary/aromatic N) is 3. The molecule has 0 aromatic carbocycles. The minimum absolute atomic E-state index is 0.123. The smallest absolute Gasteiger partial charge is 0.186 e. The number of aryl methyl sites for hydroxylation is 1. The summed E-state index contributed by atoms with van der Waals surface area (Å²) in [5.74, 6) is 1.16. The highest BCUT2D eigenvalue weighted by Gasteiger charge is 2.16. The molecule has 1 fully saturated rings. The molecule has 0 atom stereocenters. The number of pyridine rings is 1. The molecule has 1 aliphatic rings. The molecule has 2 heterocycles. The maximum Gasteiger partial charge on any atom is 0.186 e. The van der Waals surface area contributed by atoms with E-state index in [1.807, 2.05) is 13.0 Å². The lowest BCUT2D eigenvalue weighted by molar-refractivity contribution is 0.898. The van der Waals surface area contributed by atoms with Gasteiger partial charge in [-0.3, -0.25) is 0 Å². The van der Waals surface area contributed by atoms with Gasteiger partial charge in [-0.15, -0.1) is 0 Å². The summed E-state index contributed by atoms with van der Waals surface area (Å²) in [5.41, 5.74) is 12.9. The largest absolute Gasteiger partial charge is 0.370 e. The van der Waals surface area contributed by atoms with Gasteiger partial charge in [0, 0.05) is 24.3 Å². The molecule has 0 spiro atoms. The minimum atomic E-state index is 0.123. The highest BCUT2D eigenvalue weighted by Crippen LogP contribution is 2.23. The average molecular weight is 233 g/mol. The van der Waals surface area contributed by atoms with Crippen LogP contribution < -0.4 is 16.4 Å². The summed E-state index contributed by atoms with van der Waals surface area (Å²) in [5, 5.41) is 0. The molecule has 1 aliphatic heterocycles. The first-order valence-corrected chi connectivity index (χ1v) is 5.93. The Bertz CT molecular complexity index is 417. The molecule has 4 N–H and O–H groups in total. The second-order valence-electron chi connectivity index (χ2n) is 4.37. The molecule has 0 saturated carbocycles. The normalized spacial score (nSPS) is 15.0. The molecule has 0 amide bonds. The van der Waals surface area contributed by atoms with Crippen molar-refractivity contribution in [3.05, 3.63) is 23.4 Å². The van der Waals surface area contributed by atoms with Crippen LogP contribution in [0.15, 0.2) is 17.1 Å². The Balaban J connectivity index is 2.26. The predicted octanol–water partition coefficient (Wildman–Crippen LogP) is 0.764. The average Bonchev–Trinajstić information content (AvgIpc) is 2.80. The van der Waals surface area contributed by atoms with E-state index in [0.717, 1.165) is 30.2 Å². The Morgan fingerprint density at radius 3 is 2.71 bits per heavy atom. The van der Waals surface area contributed by atoms with Crippen LogP contribution in [0.2, 0.25) is 0 Å². The monoisotopic (exact) mass is 233 g/mol. The first-order valence-electron chi connectivity index (χ1n) is 5.93. The molecule has 0 bridgehead atoms. The lowest BCUT2D eigenvalue weighted by atomic mass is 10.2. The van der Waals surface area contributed by atoms with Gasteiger partial charge in [0.25, 0.3) is 0 Å². The van der Waals surface area contributed by atoms with E-state index in [0.29, 0.717) is 6.54 Å². The van der Waals surface area contributed by atoms with Crippen molar-refractivity contribution in [3.8, 4) is 0 Å². The minimum Gasteiger partial charge on any atom is -0.370 e. The van der Waals surface area contributed by atoms with E-state index < -0.39 is 0 Å². The van der Waals surface area contributed by atoms with Gasteiger partial charge >= 0.3 is 0 Å². The molecule has 17 heavy (non-hydrogen) atoms. The number of nitrogens with two attached hydrogens (primary N) is 2. The molecule has 5 nitrogen and oxygen atoms in total. The van der Waals surface area contributed by atoms with Crippen LogP contribution >= 0.6 is 0 Å². The summed E-state index contributed by atoms with van der Waals surface area (Å²) in [6, 6.07) is 4.06. The topological polar surface area (TPSA) is 80.5 Å². The zero-order valence-electron chi connectivity index (χ0n) is 10.2. The van der Waals surface area contributed by atoms with Crippen LogP contribution in [0, 0.1) is 6.92 Å². The van der Waals surface area contributed by atoms with E-state index in [1.165, 1.54) is 12.8 Å². The number of guanidine groups is 1. The van der Waals surface area contributed by atoms with E-state index in [1.54, 1.807) is 0 Å². The Labute approximate surface area is 102 Å². The number of anilines is 1. The van der Waals surface area contributed by atoms with Crippen LogP contribution in [-0.4, -0.2) is 24.0 Å². The first kappa shape index (κ1) is 11.7. The molecule has 0 aliphatic carbocycles. The second kappa shape index (κ2) is 5.03. The SMILES string of the molecule is Cc1ccc(CN=C(N)N)c(N2CCCC2)n1. The Kier molecular flexibility index (Phi) is 3.46. The standard InChI is InChI=1S/C12H19N5/c1-9-4-5-10(8-15-12(13)14)11(16-9)17-6-2-3-7-17/h4-5H,2-3,6-8H2,1H3,(H4,13,14,15). The molecule has 0 unspecified atom stereocenters. The van der Waals surface area contributed by atoms with Crippen LogP contribution in [0.3, 0.4) is 0 Å². The third-order valence-corrected chi connectivity index (χ3v) is 2.93. The van der Waals surface area contributed by atoms with Gasteiger partial charge in [0.05, 0.1) is 6.54 Å². The van der Waals surface area contributed by atoms with Crippen molar-refractivity contribution in [1.82, 2.24) is 4.98 Å². The van der Waals surface area contributed by atoms with Gasteiger partial charge in [0.2, 0.25) is 0 Å². The van der Waals surface area contributed by atoms with E-state index in [2.05, 4.69) is 20.9 Å². The van der Waals surface area contributed by atoms with Gasteiger partial charge < -0.3 is 16.4 Å². The number of hydrogen-bond acceptors (Lipinski definition) is 3. The molecule has 5 heteroatoms. The Hall–Kier alpha value is -1.78. The lowest BCUT2D eigenvalue weighted by Gasteiger charge is -2.19. The van der Waals surface area contributed by atoms with Crippen molar-refractivity contribution in [2.75, 3.05) is 18.0 Å². The quantitative estimate of drug-likeness (QED) is 0.596. The highest BCUT2D eigenvalue weighted by atomic mass is 15.2. The number of rotatable bonds is 3. The Morgan fingerprint density at radius 2 is 2.06 bits per heavy atom. The summed E-state index contributed by atoms with van der Waals surface area (Å²) < 4.78 is 0. The molecule has 2 rings (SSSR count). The number of aromatic nitrogens is 1. The van der Waals surface area contributed by atoms with Gasteiger partial charge in [-0.05, 0) is 25.8 Å². The summed E-state index contributed by atoms with van der Waals surface area (Å²) in [6.07, 6.45) is 2.47. The highest BCUT2D eigenvalue weighted by molar-refractivity contribution is 5.75. The lowest BCUT2D eigenvalue weighted by Crippen LogP contribution is -2.24. The van der Waals surface area contributed by atoms with Gasteiger partial charge in [-0.1, -0.05) is 6.07 Å². The zero-order chi connectivity index (χ0) is 12.3. The van der Waals surface area contributed by atoms with Crippen molar-refractivity contribution < 1.29 is 0 Å². The van der Waals surface area contributed by atoms with Crippen LogP contribution in [0.25, 0.3) is 0 Å². The predicted molar refractivity (Wildman–Crippen MR) is 69.9 cm³/mol. The van der Waals surface area contributed by atoms with Crippen molar-refractivity contribution in [1.29, 1.82) is 0 Å². The molecule has 1 aromatic rings. The van der Waals surface area contributed by atoms with Gasteiger partial charge in [-0.2, -0.15) is 0 Å². The van der Waals surface area contributed by atoms with Crippen LogP contribution in [0.1, 0.15) is 24.1 Å².